The Morgan fingerprint density at radius 3 is 2.89 bits per heavy atom. The molecule has 5 nitrogen and oxygen atoms in total. The van der Waals surface area contributed by atoms with Gasteiger partial charge in [0.1, 0.15) is 5.75 Å². The minimum Gasteiger partial charge on any atom is -0.505 e. The number of piperidine rings is 1. The van der Waals surface area contributed by atoms with E-state index in [2.05, 4.69) is 10.3 Å². The highest BCUT2D eigenvalue weighted by molar-refractivity contribution is 5.95. The van der Waals surface area contributed by atoms with E-state index in [4.69, 9.17) is 0 Å². The Balaban J connectivity index is 2.17. The highest BCUT2D eigenvalue weighted by Gasteiger charge is 2.26. The number of carbonyl (C=O) groups excluding carboxylic acids is 1. The van der Waals surface area contributed by atoms with Crippen molar-refractivity contribution >= 4 is 5.91 Å². The molecule has 0 aliphatic carbocycles. The molecule has 1 aliphatic rings. The Labute approximate surface area is 107 Å². The maximum atomic E-state index is 12.4. The molecule has 1 fully saturated rings. The normalized spacial score (nSPS) is 16.5. The first-order valence-corrected chi connectivity index (χ1v) is 6.39. The minimum absolute atomic E-state index is 0.0464. The molecule has 2 heterocycles. The highest BCUT2D eigenvalue weighted by atomic mass is 16.3. The summed E-state index contributed by atoms with van der Waals surface area (Å²) in [6, 6.07) is 3.36. The van der Waals surface area contributed by atoms with Gasteiger partial charge in [0.2, 0.25) is 0 Å². The average molecular weight is 249 g/mol. The Morgan fingerprint density at radius 1 is 1.56 bits per heavy atom. The van der Waals surface area contributed by atoms with Crippen LogP contribution in [0.2, 0.25) is 0 Å². The summed E-state index contributed by atoms with van der Waals surface area (Å²) >= 11 is 0. The lowest BCUT2D eigenvalue weighted by molar-refractivity contribution is 0.0646. The number of nitrogens with one attached hydrogen (secondary N) is 1. The number of amides is 1. The molecule has 1 aromatic heterocycles. The zero-order chi connectivity index (χ0) is 13.0. The molecule has 1 aliphatic heterocycles. The number of pyridine rings is 1. The van der Waals surface area contributed by atoms with Gasteiger partial charge in [0.25, 0.3) is 5.91 Å². The SMILES string of the molecule is CCN(C(=O)c1ncccc1O)C1CCNCC1. The molecule has 18 heavy (non-hydrogen) atoms. The zero-order valence-corrected chi connectivity index (χ0v) is 10.6. The fourth-order valence-electron chi connectivity index (χ4n) is 2.38. The number of rotatable bonds is 3. The van der Waals surface area contributed by atoms with Gasteiger partial charge in [-0.15, -0.1) is 0 Å². The Morgan fingerprint density at radius 2 is 2.28 bits per heavy atom. The fourth-order valence-corrected chi connectivity index (χ4v) is 2.38. The monoisotopic (exact) mass is 249 g/mol. The van der Waals surface area contributed by atoms with Gasteiger partial charge < -0.3 is 15.3 Å². The van der Waals surface area contributed by atoms with Crippen LogP contribution in [-0.2, 0) is 0 Å². The Hall–Kier alpha value is -1.62. The first-order chi connectivity index (χ1) is 8.74. The van der Waals surface area contributed by atoms with Crippen molar-refractivity contribution in [3.63, 3.8) is 0 Å². The summed E-state index contributed by atoms with van der Waals surface area (Å²) < 4.78 is 0. The zero-order valence-electron chi connectivity index (χ0n) is 10.6. The molecule has 0 bridgehead atoms. The van der Waals surface area contributed by atoms with E-state index in [1.54, 1.807) is 6.07 Å². The van der Waals surface area contributed by atoms with Crippen LogP contribution < -0.4 is 5.32 Å². The topological polar surface area (TPSA) is 65.5 Å². The molecule has 0 atom stereocenters. The largest absolute Gasteiger partial charge is 0.505 e. The summed E-state index contributed by atoms with van der Waals surface area (Å²) in [5.74, 6) is -0.225. The summed E-state index contributed by atoms with van der Waals surface area (Å²) in [6.45, 7) is 4.46. The molecular formula is C13H19N3O2. The average Bonchev–Trinajstić information content (AvgIpc) is 2.41. The highest BCUT2D eigenvalue weighted by Crippen LogP contribution is 2.19. The van der Waals surface area contributed by atoms with Crippen LogP contribution in [0.25, 0.3) is 0 Å². The molecule has 0 aromatic carbocycles. The second kappa shape index (κ2) is 5.82. The number of aromatic nitrogens is 1. The third-order valence-corrected chi connectivity index (χ3v) is 3.34. The molecule has 2 rings (SSSR count). The van der Waals surface area contributed by atoms with Crippen molar-refractivity contribution < 1.29 is 9.90 Å². The first kappa shape index (κ1) is 12.8. The standard InChI is InChI=1S/C13H19N3O2/c1-2-16(10-5-8-14-9-6-10)13(18)12-11(17)4-3-7-15-12/h3-4,7,10,14,17H,2,5-6,8-9H2,1H3. The lowest BCUT2D eigenvalue weighted by atomic mass is 10.0. The maximum Gasteiger partial charge on any atom is 0.276 e. The van der Waals surface area contributed by atoms with Gasteiger partial charge in [0, 0.05) is 18.8 Å². The lowest BCUT2D eigenvalue weighted by Crippen LogP contribution is -2.46. The summed E-state index contributed by atoms with van der Waals surface area (Å²) in [4.78, 5) is 18.2. The van der Waals surface area contributed by atoms with Gasteiger partial charge in [-0.2, -0.15) is 0 Å². The van der Waals surface area contributed by atoms with E-state index in [0.717, 1.165) is 25.9 Å². The van der Waals surface area contributed by atoms with Crippen LogP contribution in [0.4, 0.5) is 0 Å². The van der Waals surface area contributed by atoms with Crippen LogP contribution in [0, 0.1) is 0 Å². The van der Waals surface area contributed by atoms with Crippen molar-refractivity contribution in [1.82, 2.24) is 15.2 Å². The second-order valence-electron chi connectivity index (χ2n) is 4.44. The van der Waals surface area contributed by atoms with E-state index >= 15 is 0 Å². The summed E-state index contributed by atoms with van der Waals surface area (Å²) in [5.41, 5.74) is 0.151. The molecule has 0 spiro atoms. The third-order valence-electron chi connectivity index (χ3n) is 3.34. The van der Waals surface area contributed by atoms with Crippen molar-refractivity contribution in [2.24, 2.45) is 0 Å². The lowest BCUT2D eigenvalue weighted by Gasteiger charge is -2.33. The second-order valence-corrected chi connectivity index (χ2v) is 4.44. The van der Waals surface area contributed by atoms with E-state index in [1.807, 2.05) is 11.8 Å². The van der Waals surface area contributed by atoms with E-state index < -0.39 is 0 Å². The molecule has 1 amide bonds. The van der Waals surface area contributed by atoms with Gasteiger partial charge in [0.15, 0.2) is 5.69 Å². The third kappa shape index (κ3) is 2.61. The Bertz CT molecular complexity index is 416. The molecule has 0 unspecified atom stereocenters. The van der Waals surface area contributed by atoms with Gasteiger partial charge in [-0.05, 0) is 45.0 Å². The van der Waals surface area contributed by atoms with Crippen LogP contribution in [0.5, 0.6) is 5.75 Å². The maximum absolute atomic E-state index is 12.4. The molecule has 0 radical (unpaired) electrons. The van der Waals surface area contributed by atoms with Crippen molar-refractivity contribution in [3.8, 4) is 5.75 Å². The van der Waals surface area contributed by atoms with Crippen molar-refractivity contribution in [2.75, 3.05) is 19.6 Å². The van der Waals surface area contributed by atoms with Gasteiger partial charge in [-0.25, -0.2) is 4.98 Å². The van der Waals surface area contributed by atoms with Crippen molar-refractivity contribution in [2.45, 2.75) is 25.8 Å². The first-order valence-electron chi connectivity index (χ1n) is 6.39. The number of hydrogen-bond donors (Lipinski definition) is 2. The number of nitrogens with zero attached hydrogens (tertiary/aromatic N) is 2. The number of aromatic hydroxyl groups is 1. The molecule has 2 N–H and O–H groups in total. The van der Waals surface area contributed by atoms with E-state index in [0.29, 0.717) is 6.54 Å². The summed E-state index contributed by atoms with van der Waals surface area (Å²) in [7, 11) is 0. The number of carbonyl (C=O) groups is 1. The van der Waals surface area contributed by atoms with Gasteiger partial charge in [-0.3, -0.25) is 4.79 Å². The van der Waals surface area contributed by atoms with Crippen LogP contribution >= 0.6 is 0 Å². The van der Waals surface area contributed by atoms with Gasteiger partial charge in [0.05, 0.1) is 0 Å². The fraction of sp³-hybridized carbons (Fsp3) is 0.538. The Kier molecular flexibility index (Phi) is 4.15. The van der Waals surface area contributed by atoms with Crippen LogP contribution in [0.1, 0.15) is 30.3 Å². The summed E-state index contributed by atoms with van der Waals surface area (Å²) in [6.07, 6.45) is 3.43. The molecular weight excluding hydrogens is 230 g/mol. The molecule has 1 saturated heterocycles. The van der Waals surface area contributed by atoms with Gasteiger partial charge >= 0.3 is 0 Å². The summed E-state index contributed by atoms with van der Waals surface area (Å²) in [5, 5.41) is 13.0. The number of hydrogen-bond acceptors (Lipinski definition) is 4. The predicted molar refractivity (Wildman–Crippen MR) is 68.5 cm³/mol. The minimum atomic E-state index is -0.178. The molecule has 98 valence electrons. The van der Waals surface area contributed by atoms with E-state index in [9.17, 15) is 9.90 Å². The van der Waals surface area contributed by atoms with E-state index in [-0.39, 0.29) is 23.4 Å². The quantitative estimate of drug-likeness (QED) is 0.839. The predicted octanol–water partition coefficient (Wildman–Crippen LogP) is 1.00. The molecule has 0 saturated carbocycles. The van der Waals surface area contributed by atoms with Crippen LogP contribution in [-0.4, -0.2) is 46.6 Å². The van der Waals surface area contributed by atoms with E-state index in [1.165, 1.54) is 12.3 Å². The molecule has 5 heteroatoms. The van der Waals surface area contributed by atoms with Crippen molar-refractivity contribution in [1.29, 1.82) is 0 Å². The van der Waals surface area contributed by atoms with Gasteiger partial charge in [-0.1, -0.05) is 0 Å². The smallest absolute Gasteiger partial charge is 0.276 e. The molecule has 1 aromatic rings. The van der Waals surface area contributed by atoms with Crippen LogP contribution in [0.15, 0.2) is 18.3 Å². The van der Waals surface area contributed by atoms with Crippen LogP contribution in [0.3, 0.4) is 0 Å². The van der Waals surface area contributed by atoms with Crippen molar-refractivity contribution in [3.05, 3.63) is 24.0 Å².